The molecule has 4 N–H and O–H groups in total. The van der Waals surface area contributed by atoms with Crippen molar-refractivity contribution < 1.29 is 9.90 Å². The van der Waals surface area contributed by atoms with Crippen LogP contribution in [0.3, 0.4) is 0 Å². The number of carbonyl (C=O) groups is 1. The molecule has 1 aromatic rings. The Kier molecular flexibility index (Phi) is 3.16. The number of nitrogens with one attached hydrogen (secondary N) is 1. The molecule has 7 nitrogen and oxygen atoms in total. The number of H-pyrrole nitrogens is 1. The number of aliphatic hydroxyl groups excluding tert-OH is 1. The zero-order valence-electron chi connectivity index (χ0n) is 11.7. The third-order valence-electron chi connectivity index (χ3n) is 5.03. The summed E-state index contributed by atoms with van der Waals surface area (Å²) >= 11 is 0. The zero-order chi connectivity index (χ0) is 14.3. The highest BCUT2D eigenvalue weighted by atomic mass is 16.3. The molecular weight excluding hydrogens is 258 g/mol. The second kappa shape index (κ2) is 4.73. The minimum Gasteiger partial charge on any atom is -0.396 e. The van der Waals surface area contributed by atoms with Crippen molar-refractivity contribution in [2.24, 2.45) is 5.41 Å². The number of aromatic amines is 1. The molecule has 2 bridgehead atoms. The minimum atomic E-state index is -0.112. The van der Waals surface area contributed by atoms with Crippen molar-refractivity contribution in [1.82, 2.24) is 20.1 Å². The molecule has 0 aliphatic carbocycles. The van der Waals surface area contributed by atoms with E-state index in [-0.39, 0.29) is 42.4 Å². The van der Waals surface area contributed by atoms with Crippen LogP contribution in [-0.4, -0.2) is 49.8 Å². The first kappa shape index (κ1) is 13.4. The molecule has 1 amide bonds. The van der Waals surface area contributed by atoms with Gasteiger partial charge in [0.05, 0.1) is 13.0 Å². The summed E-state index contributed by atoms with van der Waals surface area (Å²) in [6.07, 6.45) is 4.04. The zero-order valence-corrected chi connectivity index (χ0v) is 11.7. The highest BCUT2D eigenvalue weighted by molar-refractivity contribution is 5.79. The number of hydrogen-bond acceptors (Lipinski definition) is 5. The van der Waals surface area contributed by atoms with E-state index in [0.29, 0.717) is 5.82 Å². The normalized spacial score (nSPS) is 32.0. The average molecular weight is 279 g/mol. The summed E-state index contributed by atoms with van der Waals surface area (Å²) in [5, 5.41) is 16.2. The molecule has 3 rings (SSSR count). The number of anilines is 1. The van der Waals surface area contributed by atoms with Gasteiger partial charge in [-0.05, 0) is 25.7 Å². The lowest BCUT2D eigenvalue weighted by atomic mass is 9.72. The van der Waals surface area contributed by atoms with Gasteiger partial charge in [-0.25, -0.2) is 0 Å². The molecule has 0 spiro atoms. The van der Waals surface area contributed by atoms with Crippen molar-refractivity contribution in [3.63, 3.8) is 0 Å². The Morgan fingerprint density at radius 1 is 1.60 bits per heavy atom. The fourth-order valence-corrected chi connectivity index (χ4v) is 3.95. The molecule has 0 radical (unpaired) electrons. The number of nitrogen functional groups attached to an aromatic ring is 1. The average Bonchev–Trinajstić information content (AvgIpc) is 3.11. The molecule has 1 aromatic heterocycles. The van der Waals surface area contributed by atoms with Crippen LogP contribution >= 0.6 is 0 Å². The number of aliphatic hydroxyl groups is 1. The molecule has 7 heteroatoms. The molecule has 2 fully saturated rings. The highest BCUT2D eigenvalue weighted by Crippen LogP contribution is 2.51. The van der Waals surface area contributed by atoms with Gasteiger partial charge in [0.25, 0.3) is 0 Å². The summed E-state index contributed by atoms with van der Waals surface area (Å²) in [5.74, 6) is 0.720. The number of nitrogens with zero attached hydrogens (tertiary/aromatic N) is 3. The standard InChI is InChI=1S/C13H21N5O2/c1-2-13(7-19)6-8-3-4-9(13)18(8)11(20)5-10-15-12(14)17-16-10/h8-9,19H,2-7H2,1H3,(H3,14,15,16,17)/t8-,9+,13-/m1/s1. The molecule has 2 aliphatic rings. The maximum atomic E-state index is 12.5. The molecule has 3 heterocycles. The van der Waals surface area contributed by atoms with Crippen molar-refractivity contribution in [2.75, 3.05) is 12.3 Å². The molecular formula is C13H21N5O2. The fraction of sp³-hybridized carbons (Fsp3) is 0.769. The van der Waals surface area contributed by atoms with E-state index in [1.807, 2.05) is 4.90 Å². The molecule has 20 heavy (non-hydrogen) atoms. The summed E-state index contributed by atoms with van der Waals surface area (Å²) in [4.78, 5) is 18.5. The topological polar surface area (TPSA) is 108 Å². The van der Waals surface area contributed by atoms with E-state index < -0.39 is 0 Å². The van der Waals surface area contributed by atoms with Crippen LogP contribution in [-0.2, 0) is 11.2 Å². The van der Waals surface area contributed by atoms with Gasteiger partial charge >= 0.3 is 0 Å². The lowest BCUT2D eigenvalue weighted by Gasteiger charge is -2.34. The third-order valence-corrected chi connectivity index (χ3v) is 5.03. The van der Waals surface area contributed by atoms with Crippen LogP contribution < -0.4 is 5.73 Å². The summed E-state index contributed by atoms with van der Waals surface area (Å²) in [5.41, 5.74) is 5.34. The Balaban J connectivity index is 1.76. The number of hydrogen-bond donors (Lipinski definition) is 3. The van der Waals surface area contributed by atoms with E-state index in [1.165, 1.54) is 0 Å². The predicted molar refractivity (Wildman–Crippen MR) is 72.6 cm³/mol. The molecule has 0 saturated carbocycles. The fourth-order valence-electron chi connectivity index (χ4n) is 3.95. The third kappa shape index (κ3) is 1.88. The van der Waals surface area contributed by atoms with Gasteiger partial charge < -0.3 is 15.7 Å². The van der Waals surface area contributed by atoms with Gasteiger partial charge in [0, 0.05) is 17.5 Å². The number of amides is 1. The molecule has 2 aliphatic heterocycles. The molecule has 0 aromatic carbocycles. The van der Waals surface area contributed by atoms with Crippen LogP contribution in [0.4, 0.5) is 5.95 Å². The Labute approximate surface area is 117 Å². The SMILES string of the molecule is CC[C@]1(CO)C[C@H]2CC[C@@H]1N2C(=O)Cc1nc(N)n[nH]1. The molecule has 0 unspecified atom stereocenters. The van der Waals surface area contributed by atoms with Crippen LogP contribution in [0.2, 0.25) is 0 Å². The maximum Gasteiger partial charge on any atom is 0.239 e. The number of carbonyl (C=O) groups excluding carboxylic acids is 1. The first-order valence-corrected chi connectivity index (χ1v) is 7.18. The van der Waals surface area contributed by atoms with Crippen molar-refractivity contribution in [3.05, 3.63) is 5.82 Å². The molecule has 3 atom stereocenters. The van der Waals surface area contributed by atoms with Gasteiger partial charge in [-0.15, -0.1) is 5.10 Å². The molecule has 2 saturated heterocycles. The van der Waals surface area contributed by atoms with Crippen LogP contribution in [0.25, 0.3) is 0 Å². The van der Waals surface area contributed by atoms with Gasteiger partial charge in [0.15, 0.2) is 0 Å². The van der Waals surface area contributed by atoms with Crippen LogP contribution in [0.15, 0.2) is 0 Å². The van der Waals surface area contributed by atoms with E-state index in [2.05, 4.69) is 22.1 Å². The number of rotatable bonds is 4. The smallest absolute Gasteiger partial charge is 0.239 e. The summed E-state index contributed by atoms with van der Waals surface area (Å²) < 4.78 is 0. The van der Waals surface area contributed by atoms with Crippen molar-refractivity contribution in [3.8, 4) is 0 Å². The monoisotopic (exact) mass is 279 g/mol. The molecule has 110 valence electrons. The Morgan fingerprint density at radius 3 is 2.95 bits per heavy atom. The second-order valence-corrected chi connectivity index (χ2v) is 5.94. The van der Waals surface area contributed by atoms with E-state index in [1.54, 1.807) is 0 Å². The van der Waals surface area contributed by atoms with Crippen LogP contribution in [0, 0.1) is 5.41 Å². The van der Waals surface area contributed by atoms with Gasteiger partial charge in [-0.2, -0.15) is 4.98 Å². The van der Waals surface area contributed by atoms with E-state index in [0.717, 1.165) is 25.7 Å². The first-order valence-electron chi connectivity index (χ1n) is 7.18. The van der Waals surface area contributed by atoms with Crippen molar-refractivity contribution in [1.29, 1.82) is 0 Å². The maximum absolute atomic E-state index is 12.5. The van der Waals surface area contributed by atoms with Crippen LogP contribution in [0.5, 0.6) is 0 Å². The minimum absolute atomic E-state index is 0.0532. The Morgan fingerprint density at radius 2 is 2.40 bits per heavy atom. The Bertz CT molecular complexity index is 511. The quantitative estimate of drug-likeness (QED) is 0.723. The number of fused-ring (bicyclic) bond motifs is 2. The van der Waals surface area contributed by atoms with Crippen LogP contribution in [0.1, 0.15) is 38.4 Å². The summed E-state index contributed by atoms with van der Waals surface area (Å²) in [6.45, 7) is 2.25. The van der Waals surface area contributed by atoms with E-state index >= 15 is 0 Å². The van der Waals surface area contributed by atoms with Gasteiger partial charge in [0.2, 0.25) is 11.9 Å². The highest BCUT2D eigenvalue weighted by Gasteiger charge is 2.56. The van der Waals surface area contributed by atoms with Gasteiger partial charge in [-0.1, -0.05) is 6.92 Å². The second-order valence-electron chi connectivity index (χ2n) is 5.94. The van der Waals surface area contributed by atoms with E-state index in [4.69, 9.17) is 5.73 Å². The van der Waals surface area contributed by atoms with Crippen molar-refractivity contribution >= 4 is 11.9 Å². The largest absolute Gasteiger partial charge is 0.396 e. The number of nitrogens with two attached hydrogens (primary N) is 1. The first-order chi connectivity index (χ1) is 9.59. The number of aromatic nitrogens is 3. The van der Waals surface area contributed by atoms with Crippen molar-refractivity contribution in [2.45, 2.75) is 51.1 Å². The Hall–Kier alpha value is -1.63. The van der Waals surface area contributed by atoms with E-state index in [9.17, 15) is 9.90 Å². The lowest BCUT2D eigenvalue weighted by Crippen LogP contribution is -2.43. The van der Waals surface area contributed by atoms with Gasteiger partial charge in [-0.3, -0.25) is 9.89 Å². The lowest BCUT2D eigenvalue weighted by molar-refractivity contribution is -0.132. The summed E-state index contributed by atoms with van der Waals surface area (Å²) in [6, 6.07) is 0.426. The summed E-state index contributed by atoms with van der Waals surface area (Å²) in [7, 11) is 0. The van der Waals surface area contributed by atoms with Gasteiger partial charge in [0.1, 0.15) is 5.82 Å². The predicted octanol–water partition coefficient (Wildman–Crippen LogP) is 0.0814.